The molecule has 0 heterocycles. The summed E-state index contributed by atoms with van der Waals surface area (Å²) in [6.07, 6.45) is 3.18. The lowest BCUT2D eigenvalue weighted by molar-refractivity contribution is 0.417. The molecule has 13 heavy (non-hydrogen) atoms. The first-order valence-electron chi connectivity index (χ1n) is 4.28. The van der Waals surface area contributed by atoms with Crippen LogP contribution in [0.5, 0.6) is 0 Å². The van der Waals surface area contributed by atoms with Crippen LogP contribution >= 0.6 is 0 Å². The Balaban J connectivity index is 3.82. The molecule has 76 valence electrons. The summed E-state index contributed by atoms with van der Waals surface area (Å²) in [7, 11) is 0. The zero-order valence-electron chi connectivity index (χ0n) is 7.95. The Morgan fingerprint density at radius 2 is 2.00 bits per heavy atom. The predicted octanol–water partition coefficient (Wildman–Crippen LogP) is -0.440. The summed E-state index contributed by atoms with van der Waals surface area (Å²) in [4.78, 5) is 3.51. The summed E-state index contributed by atoms with van der Waals surface area (Å²) in [6, 6.07) is 0. The van der Waals surface area contributed by atoms with Crippen LogP contribution in [0.2, 0.25) is 0 Å². The van der Waals surface area contributed by atoms with Crippen LogP contribution in [0, 0.1) is 5.41 Å². The van der Waals surface area contributed by atoms with Gasteiger partial charge in [0, 0.05) is 6.54 Å². The van der Waals surface area contributed by atoms with E-state index >= 15 is 0 Å². The normalized spacial score (nSPS) is 11.4. The number of nitrogens with zero attached hydrogens (tertiary/aromatic N) is 2. The molecule has 7 N–H and O–H groups in total. The van der Waals surface area contributed by atoms with Crippen LogP contribution in [-0.4, -0.2) is 23.5 Å². The highest BCUT2D eigenvalue weighted by Crippen LogP contribution is 1.94. The molecule has 0 amide bonds. The van der Waals surface area contributed by atoms with Gasteiger partial charge in [-0.15, -0.1) is 0 Å². The zero-order valence-corrected chi connectivity index (χ0v) is 7.95. The van der Waals surface area contributed by atoms with Gasteiger partial charge in [0.15, 0.2) is 0 Å². The maximum absolute atomic E-state index is 6.86. The van der Waals surface area contributed by atoms with Crippen LogP contribution in [0.15, 0.2) is 4.99 Å². The summed E-state index contributed by atoms with van der Waals surface area (Å²) in [5.41, 5.74) is 10.5. The fourth-order valence-corrected chi connectivity index (χ4v) is 0.834. The number of aliphatic imine (C=N–C) groups is 1. The van der Waals surface area contributed by atoms with E-state index in [-0.39, 0.29) is 11.9 Å². The zero-order chi connectivity index (χ0) is 10.3. The second-order valence-corrected chi connectivity index (χ2v) is 2.76. The third kappa shape index (κ3) is 5.92. The van der Waals surface area contributed by atoms with Crippen molar-refractivity contribution in [3.05, 3.63) is 0 Å². The van der Waals surface area contributed by atoms with E-state index in [0.717, 1.165) is 19.3 Å². The lowest BCUT2D eigenvalue weighted by atomic mass is 10.2. The molecule has 6 nitrogen and oxygen atoms in total. The Labute approximate surface area is 78.3 Å². The molecule has 0 fully saturated rings. The van der Waals surface area contributed by atoms with Crippen molar-refractivity contribution >= 4 is 11.9 Å². The molecule has 6 heteroatoms. The van der Waals surface area contributed by atoms with E-state index in [1.165, 1.54) is 5.01 Å². The summed E-state index contributed by atoms with van der Waals surface area (Å²) in [5.74, 6) is 5.29. The summed E-state index contributed by atoms with van der Waals surface area (Å²) in [6.45, 7) is 2.74. The van der Waals surface area contributed by atoms with Crippen LogP contribution in [0.1, 0.15) is 26.2 Å². The van der Waals surface area contributed by atoms with Gasteiger partial charge in [-0.05, 0) is 6.42 Å². The van der Waals surface area contributed by atoms with Gasteiger partial charge in [-0.1, -0.05) is 19.8 Å². The average Bonchev–Trinajstić information content (AvgIpc) is 2.03. The maximum Gasteiger partial charge on any atom is 0.215 e. The maximum atomic E-state index is 6.86. The van der Waals surface area contributed by atoms with Gasteiger partial charge in [-0.3, -0.25) is 10.4 Å². The minimum absolute atomic E-state index is 0.0867. The van der Waals surface area contributed by atoms with E-state index < -0.39 is 0 Å². The molecule has 0 bridgehead atoms. The summed E-state index contributed by atoms with van der Waals surface area (Å²) < 4.78 is 0. The molecule has 0 aromatic carbocycles. The lowest BCUT2D eigenvalue weighted by Gasteiger charge is -2.16. The van der Waals surface area contributed by atoms with E-state index in [9.17, 15) is 0 Å². The molecule has 0 aromatic rings. The number of rotatable bonds is 4. The standard InChI is InChI=1S/C7H18N6/c1-2-3-4-5-13(11)7(10)12-6(8)9/h2-5,11H2,1H3,(H5,8,9,10,12). The van der Waals surface area contributed by atoms with Gasteiger partial charge in [-0.2, -0.15) is 4.99 Å². The van der Waals surface area contributed by atoms with E-state index in [1.54, 1.807) is 0 Å². The van der Waals surface area contributed by atoms with Crippen molar-refractivity contribution in [1.82, 2.24) is 5.01 Å². The van der Waals surface area contributed by atoms with E-state index in [4.69, 9.17) is 22.7 Å². The van der Waals surface area contributed by atoms with Crippen molar-refractivity contribution in [3.8, 4) is 0 Å². The van der Waals surface area contributed by atoms with Crippen molar-refractivity contribution in [2.24, 2.45) is 22.3 Å². The molecule has 0 saturated heterocycles. The van der Waals surface area contributed by atoms with Crippen molar-refractivity contribution in [2.75, 3.05) is 6.54 Å². The van der Waals surface area contributed by atoms with Gasteiger partial charge in [0.2, 0.25) is 11.9 Å². The van der Waals surface area contributed by atoms with Crippen LogP contribution in [0.25, 0.3) is 0 Å². The Kier molecular flexibility index (Phi) is 5.62. The highest BCUT2D eigenvalue weighted by molar-refractivity contribution is 5.91. The Morgan fingerprint density at radius 3 is 2.46 bits per heavy atom. The Hall–Kier alpha value is -1.30. The monoisotopic (exact) mass is 186 g/mol. The number of guanidine groups is 2. The SMILES string of the molecule is CCCCCN(N)C(N)=NC(=N)N. The molecule has 0 aliphatic rings. The van der Waals surface area contributed by atoms with Gasteiger partial charge in [0.05, 0.1) is 0 Å². The molecule has 0 rings (SSSR count). The fraction of sp³-hybridized carbons (Fsp3) is 0.714. The van der Waals surface area contributed by atoms with Gasteiger partial charge < -0.3 is 11.5 Å². The molecular weight excluding hydrogens is 168 g/mol. The van der Waals surface area contributed by atoms with Gasteiger partial charge in [-0.25, -0.2) is 5.84 Å². The highest BCUT2D eigenvalue weighted by atomic mass is 15.5. The Bertz CT molecular complexity index is 187. The fourth-order valence-electron chi connectivity index (χ4n) is 0.834. The highest BCUT2D eigenvalue weighted by Gasteiger charge is 2.01. The predicted molar refractivity (Wildman–Crippen MR) is 54.0 cm³/mol. The first kappa shape index (κ1) is 11.7. The minimum atomic E-state index is -0.330. The van der Waals surface area contributed by atoms with Crippen molar-refractivity contribution in [2.45, 2.75) is 26.2 Å². The number of nitrogens with one attached hydrogen (secondary N) is 1. The molecule has 0 radical (unpaired) electrons. The van der Waals surface area contributed by atoms with Crippen LogP contribution in [0.3, 0.4) is 0 Å². The smallest absolute Gasteiger partial charge is 0.215 e. The minimum Gasteiger partial charge on any atom is -0.368 e. The van der Waals surface area contributed by atoms with Crippen molar-refractivity contribution < 1.29 is 0 Å². The van der Waals surface area contributed by atoms with Crippen molar-refractivity contribution in [1.29, 1.82) is 5.41 Å². The quantitative estimate of drug-likeness (QED) is 0.156. The number of hydrogen-bond donors (Lipinski definition) is 4. The second kappa shape index (κ2) is 6.24. The number of hydrazine groups is 1. The topological polar surface area (TPSA) is 118 Å². The molecule has 0 saturated carbocycles. The third-order valence-electron chi connectivity index (χ3n) is 1.53. The molecular formula is C7H18N6. The van der Waals surface area contributed by atoms with E-state index in [0.29, 0.717) is 6.54 Å². The average molecular weight is 186 g/mol. The summed E-state index contributed by atoms with van der Waals surface area (Å²) in [5, 5.41) is 8.16. The van der Waals surface area contributed by atoms with Crippen LogP contribution in [-0.2, 0) is 0 Å². The first-order chi connectivity index (χ1) is 6.07. The van der Waals surface area contributed by atoms with Crippen LogP contribution in [0.4, 0.5) is 0 Å². The van der Waals surface area contributed by atoms with E-state index in [2.05, 4.69) is 11.9 Å². The molecule has 0 unspecified atom stereocenters. The lowest BCUT2D eigenvalue weighted by Crippen LogP contribution is -2.44. The number of unbranched alkanes of at least 4 members (excludes halogenated alkanes) is 2. The van der Waals surface area contributed by atoms with Gasteiger partial charge in [0.1, 0.15) is 0 Å². The largest absolute Gasteiger partial charge is 0.368 e. The molecule has 0 aromatic heterocycles. The molecule has 0 aliphatic heterocycles. The number of hydrogen-bond acceptors (Lipinski definition) is 2. The third-order valence-corrected chi connectivity index (χ3v) is 1.53. The van der Waals surface area contributed by atoms with Crippen molar-refractivity contribution in [3.63, 3.8) is 0 Å². The van der Waals surface area contributed by atoms with Gasteiger partial charge >= 0.3 is 0 Å². The summed E-state index contributed by atoms with van der Waals surface area (Å²) >= 11 is 0. The Morgan fingerprint density at radius 1 is 1.38 bits per heavy atom. The molecule has 0 atom stereocenters. The van der Waals surface area contributed by atoms with Crippen LogP contribution < -0.4 is 17.3 Å². The molecule has 0 spiro atoms. The van der Waals surface area contributed by atoms with E-state index in [1.807, 2.05) is 0 Å². The van der Waals surface area contributed by atoms with Gasteiger partial charge in [0.25, 0.3) is 0 Å². The number of nitrogens with two attached hydrogens (primary N) is 3. The molecule has 0 aliphatic carbocycles. The second-order valence-electron chi connectivity index (χ2n) is 2.76. The first-order valence-corrected chi connectivity index (χ1v) is 4.28.